The summed E-state index contributed by atoms with van der Waals surface area (Å²) in [6.07, 6.45) is 5.90. The van der Waals surface area contributed by atoms with Gasteiger partial charge in [0.25, 0.3) is 0 Å². The number of nitrogens with zero attached hydrogens (tertiary/aromatic N) is 2. The number of aromatic nitrogens is 1. The number of rotatable bonds is 6. The molecule has 0 radical (unpaired) electrons. The van der Waals surface area contributed by atoms with E-state index in [2.05, 4.69) is 77.7 Å². The molecule has 128 valence electrons. The van der Waals surface area contributed by atoms with E-state index in [0.29, 0.717) is 12.0 Å². The lowest BCUT2D eigenvalue weighted by atomic mass is 9.95. The molecule has 0 bridgehead atoms. The molecule has 1 fully saturated rings. The van der Waals surface area contributed by atoms with Crippen molar-refractivity contribution >= 4 is 5.82 Å². The van der Waals surface area contributed by atoms with Crippen molar-refractivity contribution in [2.75, 3.05) is 18.4 Å². The molecule has 2 aromatic rings. The first kappa shape index (κ1) is 17.0. The predicted octanol–water partition coefficient (Wildman–Crippen LogP) is 4.88. The van der Waals surface area contributed by atoms with Gasteiger partial charge in [-0.3, -0.25) is 4.90 Å². The molecule has 1 atom stereocenters. The zero-order valence-electron chi connectivity index (χ0n) is 14.9. The Balaban J connectivity index is 1.68. The number of nitrogens with one attached hydrogen (secondary N) is 1. The zero-order chi connectivity index (χ0) is 16.8. The van der Waals surface area contributed by atoms with Crippen LogP contribution >= 0.6 is 0 Å². The third kappa shape index (κ3) is 4.57. The van der Waals surface area contributed by atoms with Gasteiger partial charge < -0.3 is 5.32 Å². The topological polar surface area (TPSA) is 28.2 Å². The highest BCUT2D eigenvalue weighted by atomic mass is 15.2. The quantitative estimate of drug-likeness (QED) is 0.821. The van der Waals surface area contributed by atoms with Crippen molar-refractivity contribution in [2.45, 2.75) is 45.7 Å². The zero-order valence-corrected chi connectivity index (χ0v) is 14.9. The normalized spacial score (nSPS) is 18.7. The second-order valence-electron chi connectivity index (χ2n) is 7.22. The van der Waals surface area contributed by atoms with Gasteiger partial charge in [0.15, 0.2) is 0 Å². The van der Waals surface area contributed by atoms with Crippen LogP contribution in [0.5, 0.6) is 0 Å². The molecule has 1 aromatic heterocycles. The van der Waals surface area contributed by atoms with Crippen LogP contribution in [0.25, 0.3) is 0 Å². The molecular weight excluding hydrogens is 294 g/mol. The number of benzene rings is 1. The van der Waals surface area contributed by atoms with E-state index >= 15 is 0 Å². The first-order valence-corrected chi connectivity index (χ1v) is 9.20. The number of likely N-dealkylation sites (tertiary alicyclic amines) is 1. The van der Waals surface area contributed by atoms with Crippen molar-refractivity contribution in [2.24, 2.45) is 5.92 Å². The standard InChI is InChI=1S/C21H29N3/c1-17(2)14-22-21-12-11-19(15-23-21)20-10-6-7-13-24(20)16-18-8-4-3-5-9-18/h3-5,8-9,11-12,15,17,20H,6-7,10,13-14,16H2,1-2H3,(H,22,23). The second-order valence-corrected chi connectivity index (χ2v) is 7.22. The molecule has 3 rings (SSSR count). The number of pyridine rings is 1. The van der Waals surface area contributed by atoms with Crippen LogP contribution in [0.2, 0.25) is 0 Å². The molecular formula is C21H29N3. The van der Waals surface area contributed by atoms with Crippen LogP contribution in [-0.2, 0) is 6.54 Å². The summed E-state index contributed by atoms with van der Waals surface area (Å²) in [5.74, 6) is 1.61. The van der Waals surface area contributed by atoms with E-state index < -0.39 is 0 Å². The number of hydrogen-bond donors (Lipinski definition) is 1. The summed E-state index contributed by atoms with van der Waals surface area (Å²) in [6.45, 7) is 7.59. The maximum atomic E-state index is 4.63. The van der Waals surface area contributed by atoms with Crippen LogP contribution in [0.4, 0.5) is 5.82 Å². The van der Waals surface area contributed by atoms with E-state index in [4.69, 9.17) is 0 Å². The van der Waals surface area contributed by atoms with E-state index in [0.717, 1.165) is 18.9 Å². The van der Waals surface area contributed by atoms with E-state index in [-0.39, 0.29) is 0 Å². The van der Waals surface area contributed by atoms with Crippen molar-refractivity contribution in [3.05, 3.63) is 59.8 Å². The van der Waals surface area contributed by atoms with Gasteiger partial charge in [0.1, 0.15) is 5.82 Å². The molecule has 24 heavy (non-hydrogen) atoms. The summed E-state index contributed by atoms with van der Waals surface area (Å²) in [6, 6.07) is 15.7. The SMILES string of the molecule is CC(C)CNc1ccc(C2CCCCN2Cc2ccccc2)cn1. The Morgan fingerprint density at radius 3 is 2.67 bits per heavy atom. The Hall–Kier alpha value is -1.87. The molecule has 1 saturated heterocycles. The monoisotopic (exact) mass is 323 g/mol. The van der Waals surface area contributed by atoms with Gasteiger partial charge in [0.2, 0.25) is 0 Å². The lowest BCUT2D eigenvalue weighted by molar-refractivity contribution is 0.140. The van der Waals surface area contributed by atoms with Crippen LogP contribution in [0.15, 0.2) is 48.7 Å². The van der Waals surface area contributed by atoms with Gasteiger partial charge in [-0.25, -0.2) is 4.98 Å². The van der Waals surface area contributed by atoms with Gasteiger partial charge in [0, 0.05) is 25.3 Å². The first-order chi connectivity index (χ1) is 11.7. The number of anilines is 1. The average Bonchev–Trinajstić information content (AvgIpc) is 2.62. The summed E-state index contributed by atoms with van der Waals surface area (Å²) in [5.41, 5.74) is 2.74. The van der Waals surface area contributed by atoms with Gasteiger partial charge >= 0.3 is 0 Å². The second kappa shape index (κ2) is 8.29. The first-order valence-electron chi connectivity index (χ1n) is 9.20. The van der Waals surface area contributed by atoms with Crippen LogP contribution in [0.1, 0.15) is 50.3 Å². The summed E-state index contributed by atoms with van der Waals surface area (Å²) in [4.78, 5) is 7.24. The molecule has 0 saturated carbocycles. The Morgan fingerprint density at radius 1 is 1.12 bits per heavy atom. The van der Waals surface area contributed by atoms with Crippen LogP contribution in [0, 0.1) is 5.92 Å². The minimum Gasteiger partial charge on any atom is -0.370 e. The predicted molar refractivity (Wildman–Crippen MR) is 101 cm³/mol. The van der Waals surface area contributed by atoms with Gasteiger partial charge in [-0.15, -0.1) is 0 Å². The Bertz CT molecular complexity index is 607. The summed E-state index contributed by atoms with van der Waals surface area (Å²) in [7, 11) is 0. The van der Waals surface area contributed by atoms with Crippen molar-refractivity contribution in [1.29, 1.82) is 0 Å². The molecule has 2 heterocycles. The van der Waals surface area contributed by atoms with Crippen molar-refractivity contribution < 1.29 is 0 Å². The molecule has 1 aromatic carbocycles. The van der Waals surface area contributed by atoms with Gasteiger partial charge in [0.05, 0.1) is 0 Å². The Labute approximate surface area is 146 Å². The van der Waals surface area contributed by atoms with Gasteiger partial charge in [-0.05, 0) is 42.5 Å². The summed E-state index contributed by atoms with van der Waals surface area (Å²) < 4.78 is 0. The highest BCUT2D eigenvalue weighted by molar-refractivity contribution is 5.36. The number of piperidine rings is 1. The molecule has 3 heteroatoms. The minimum atomic E-state index is 0.491. The van der Waals surface area contributed by atoms with E-state index in [1.54, 1.807) is 0 Å². The highest BCUT2D eigenvalue weighted by Crippen LogP contribution is 2.32. The molecule has 0 amide bonds. The number of hydrogen-bond acceptors (Lipinski definition) is 3. The third-order valence-electron chi connectivity index (χ3n) is 4.70. The summed E-state index contributed by atoms with van der Waals surface area (Å²) >= 11 is 0. The molecule has 1 aliphatic rings. The maximum Gasteiger partial charge on any atom is 0.125 e. The van der Waals surface area contributed by atoms with Crippen LogP contribution < -0.4 is 5.32 Å². The molecule has 3 nitrogen and oxygen atoms in total. The Morgan fingerprint density at radius 2 is 1.96 bits per heavy atom. The van der Waals surface area contributed by atoms with E-state index in [9.17, 15) is 0 Å². The maximum absolute atomic E-state index is 4.63. The molecule has 0 aliphatic carbocycles. The third-order valence-corrected chi connectivity index (χ3v) is 4.70. The van der Waals surface area contributed by atoms with Crippen molar-refractivity contribution in [3.8, 4) is 0 Å². The smallest absolute Gasteiger partial charge is 0.125 e. The van der Waals surface area contributed by atoms with Crippen LogP contribution in [0.3, 0.4) is 0 Å². The minimum absolute atomic E-state index is 0.491. The molecule has 1 N–H and O–H groups in total. The van der Waals surface area contributed by atoms with Gasteiger partial charge in [-0.2, -0.15) is 0 Å². The van der Waals surface area contributed by atoms with E-state index in [1.807, 2.05) is 0 Å². The van der Waals surface area contributed by atoms with E-state index in [1.165, 1.54) is 36.9 Å². The van der Waals surface area contributed by atoms with Gasteiger partial charge in [-0.1, -0.05) is 56.7 Å². The molecule has 1 unspecified atom stereocenters. The largest absolute Gasteiger partial charge is 0.370 e. The fraction of sp³-hybridized carbons (Fsp3) is 0.476. The van der Waals surface area contributed by atoms with Crippen LogP contribution in [-0.4, -0.2) is 23.0 Å². The summed E-state index contributed by atoms with van der Waals surface area (Å²) in [5, 5.41) is 3.40. The van der Waals surface area contributed by atoms with Crippen molar-refractivity contribution in [3.63, 3.8) is 0 Å². The molecule has 0 spiro atoms. The Kier molecular flexibility index (Phi) is 5.86. The molecule has 1 aliphatic heterocycles. The average molecular weight is 323 g/mol. The van der Waals surface area contributed by atoms with Crippen molar-refractivity contribution in [1.82, 2.24) is 9.88 Å². The lowest BCUT2D eigenvalue weighted by Crippen LogP contribution is -2.33. The lowest BCUT2D eigenvalue weighted by Gasteiger charge is -2.36. The fourth-order valence-corrected chi connectivity index (χ4v) is 3.39. The highest BCUT2D eigenvalue weighted by Gasteiger charge is 2.24. The fourth-order valence-electron chi connectivity index (χ4n) is 3.39.